The molecule has 2 aromatic heterocycles. The van der Waals surface area contributed by atoms with E-state index in [-0.39, 0.29) is 22.6 Å². The number of nitrogen functional groups attached to an aromatic ring is 1. The number of methoxy groups -OCH3 is 2. The summed E-state index contributed by atoms with van der Waals surface area (Å²) in [6.07, 6.45) is -1.17. The van der Waals surface area contributed by atoms with Crippen molar-refractivity contribution in [3.8, 4) is 44.9 Å². The van der Waals surface area contributed by atoms with Crippen molar-refractivity contribution >= 4 is 17.4 Å². The number of benzene rings is 3. The number of anilines is 2. The molecule has 9 nitrogen and oxygen atoms in total. The van der Waals surface area contributed by atoms with Crippen LogP contribution in [0, 0.1) is 5.82 Å². The molecule has 0 spiro atoms. The average molecular weight is 663 g/mol. The number of nitrogens with two attached hydrogens (primary N) is 1. The van der Waals surface area contributed by atoms with Crippen LogP contribution in [0.3, 0.4) is 0 Å². The maximum absolute atomic E-state index is 13.5. The molecule has 0 aliphatic heterocycles. The number of halogens is 4. The van der Waals surface area contributed by atoms with Crippen molar-refractivity contribution < 1.29 is 36.6 Å². The van der Waals surface area contributed by atoms with Gasteiger partial charge in [0.1, 0.15) is 30.4 Å². The predicted octanol–water partition coefficient (Wildman–Crippen LogP) is 6.81. The Labute approximate surface area is 272 Å². The molecule has 3 aromatic carbocycles. The average Bonchev–Trinajstić information content (AvgIpc) is 3.06. The van der Waals surface area contributed by atoms with E-state index in [1.165, 1.54) is 19.2 Å². The lowest BCUT2D eigenvalue weighted by molar-refractivity contribution is -0.140. The fourth-order valence-electron chi connectivity index (χ4n) is 4.92. The molecule has 48 heavy (non-hydrogen) atoms. The second-order valence-electron chi connectivity index (χ2n) is 10.6. The van der Waals surface area contributed by atoms with Gasteiger partial charge in [-0.15, -0.1) is 0 Å². The summed E-state index contributed by atoms with van der Waals surface area (Å²) in [7, 11) is 3.12. The Morgan fingerprint density at radius 2 is 1.52 bits per heavy atom. The number of aromatic nitrogens is 2. The molecule has 5 aromatic rings. The third kappa shape index (κ3) is 7.99. The summed E-state index contributed by atoms with van der Waals surface area (Å²) in [5, 5.41) is 2.57. The van der Waals surface area contributed by atoms with Crippen LogP contribution in [-0.4, -0.2) is 49.1 Å². The molecule has 0 atom stereocenters. The van der Waals surface area contributed by atoms with Crippen molar-refractivity contribution in [2.75, 3.05) is 38.5 Å². The number of hydrogen-bond acceptors (Lipinski definition) is 7. The zero-order valence-electron chi connectivity index (χ0n) is 25.8. The SMILES string of the molecule is COCCOc1ccc(-c2cnc(N)c(-c3ccc(NC(=O)c4cn(CC(F)(F)F)cc(-c5ccc(F)cc5)c4=O)cc3)c2)cc1OC. The lowest BCUT2D eigenvalue weighted by atomic mass is 10.0. The maximum atomic E-state index is 13.5. The van der Waals surface area contributed by atoms with Crippen LogP contribution in [-0.2, 0) is 11.3 Å². The van der Waals surface area contributed by atoms with Crippen molar-refractivity contribution in [2.45, 2.75) is 12.7 Å². The quantitative estimate of drug-likeness (QED) is 0.118. The molecule has 0 aliphatic rings. The Morgan fingerprint density at radius 3 is 2.19 bits per heavy atom. The highest BCUT2D eigenvalue weighted by molar-refractivity contribution is 6.04. The van der Waals surface area contributed by atoms with Crippen LogP contribution in [0.15, 0.2) is 96.2 Å². The number of hydrogen-bond donors (Lipinski definition) is 2. The minimum absolute atomic E-state index is 0.162. The number of carbonyl (C=O) groups is 1. The van der Waals surface area contributed by atoms with Crippen LogP contribution in [0.2, 0.25) is 0 Å². The first-order valence-corrected chi connectivity index (χ1v) is 14.5. The third-order valence-electron chi connectivity index (χ3n) is 7.26. The smallest absolute Gasteiger partial charge is 0.406 e. The van der Waals surface area contributed by atoms with Crippen LogP contribution in [0.4, 0.5) is 29.1 Å². The summed E-state index contributed by atoms with van der Waals surface area (Å²) < 4.78 is 70.2. The van der Waals surface area contributed by atoms with E-state index in [0.29, 0.717) is 40.4 Å². The van der Waals surface area contributed by atoms with Gasteiger partial charge in [0.05, 0.1) is 13.7 Å². The molecule has 0 radical (unpaired) electrons. The van der Waals surface area contributed by atoms with Gasteiger partial charge in [-0.1, -0.05) is 30.3 Å². The number of alkyl halides is 3. The Kier molecular flexibility index (Phi) is 10.1. The van der Waals surface area contributed by atoms with Gasteiger partial charge in [-0.3, -0.25) is 9.59 Å². The van der Waals surface area contributed by atoms with Gasteiger partial charge in [-0.25, -0.2) is 9.37 Å². The van der Waals surface area contributed by atoms with Gasteiger partial charge in [0, 0.05) is 48.1 Å². The molecule has 0 saturated carbocycles. The molecule has 0 fully saturated rings. The van der Waals surface area contributed by atoms with E-state index < -0.39 is 35.4 Å². The Hall–Kier alpha value is -5.69. The van der Waals surface area contributed by atoms with Crippen LogP contribution in [0.5, 0.6) is 11.5 Å². The summed E-state index contributed by atoms with van der Waals surface area (Å²) in [5.74, 6) is -0.171. The molecule has 3 N–H and O–H groups in total. The highest BCUT2D eigenvalue weighted by Gasteiger charge is 2.29. The van der Waals surface area contributed by atoms with Crippen molar-refractivity contribution in [1.29, 1.82) is 0 Å². The molecular weight excluding hydrogens is 632 g/mol. The zero-order valence-corrected chi connectivity index (χ0v) is 25.8. The lowest BCUT2D eigenvalue weighted by Gasteiger charge is -2.15. The highest BCUT2D eigenvalue weighted by atomic mass is 19.4. The van der Waals surface area contributed by atoms with Crippen molar-refractivity contribution in [1.82, 2.24) is 9.55 Å². The minimum Gasteiger partial charge on any atom is -0.493 e. The molecule has 0 unspecified atom stereocenters. The van der Waals surface area contributed by atoms with E-state index in [0.717, 1.165) is 35.7 Å². The normalized spacial score (nSPS) is 11.3. The Morgan fingerprint density at radius 1 is 0.854 bits per heavy atom. The van der Waals surface area contributed by atoms with Gasteiger partial charge in [-0.2, -0.15) is 13.2 Å². The first-order valence-electron chi connectivity index (χ1n) is 14.5. The molecule has 1 amide bonds. The number of nitrogens with zero attached hydrogens (tertiary/aromatic N) is 2. The van der Waals surface area contributed by atoms with Gasteiger partial charge < -0.3 is 29.8 Å². The first kappa shape index (κ1) is 33.7. The molecule has 13 heteroatoms. The van der Waals surface area contributed by atoms with E-state index in [2.05, 4.69) is 10.3 Å². The van der Waals surface area contributed by atoms with E-state index in [1.807, 2.05) is 18.2 Å². The summed E-state index contributed by atoms with van der Waals surface area (Å²) in [6.45, 7) is -0.663. The van der Waals surface area contributed by atoms with Crippen LogP contribution in [0.1, 0.15) is 10.4 Å². The predicted molar refractivity (Wildman–Crippen MR) is 174 cm³/mol. The summed E-state index contributed by atoms with van der Waals surface area (Å²) in [5.41, 5.74) is 7.94. The molecular formula is C35H30F4N4O5. The van der Waals surface area contributed by atoms with Crippen LogP contribution >= 0.6 is 0 Å². The second-order valence-corrected chi connectivity index (χ2v) is 10.6. The van der Waals surface area contributed by atoms with Gasteiger partial charge in [0.2, 0.25) is 5.43 Å². The summed E-state index contributed by atoms with van der Waals surface area (Å²) >= 11 is 0. The number of pyridine rings is 2. The lowest BCUT2D eigenvalue weighted by Crippen LogP contribution is -2.27. The van der Waals surface area contributed by atoms with E-state index in [4.69, 9.17) is 19.9 Å². The van der Waals surface area contributed by atoms with E-state index in [1.54, 1.807) is 43.6 Å². The number of nitrogens with one attached hydrogen (secondary N) is 1. The van der Waals surface area contributed by atoms with Crippen molar-refractivity contribution in [3.63, 3.8) is 0 Å². The molecule has 5 rings (SSSR count). The monoisotopic (exact) mass is 662 g/mol. The van der Waals surface area contributed by atoms with Gasteiger partial charge in [0.25, 0.3) is 5.91 Å². The van der Waals surface area contributed by atoms with Gasteiger partial charge >= 0.3 is 6.18 Å². The number of amides is 1. The molecule has 248 valence electrons. The highest BCUT2D eigenvalue weighted by Crippen LogP contribution is 2.35. The second kappa shape index (κ2) is 14.4. The van der Waals surface area contributed by atoms with Crippen LogP contribution in [0.25, 0.3) is 33.4 Å². The summed E-state index contributed by atoms with van der Waals surface area (Å²) in [4.78, 5) is 30.8. The fraction of sp³-hybridized carbons (Fsp3) is 0.171. The van der Waals surface area contributed by atoms with Crippen molar-refractivity contribution in [2.24, 2.45) is 0 Å². The van der Waals surface area contributed by atoms with Crippen LogP contribution < -0.4 is 26.0 Å². The summed E-state index contributed by atoms with van der Waals surface area (Å²) in [6, 6.07) is 18.4. The standard InChI is InChI=1S/C35H30F4N4O5/c1-46-13-14-48-30-12-7-23(16-31(30)47-2)24-15-27(33(40)41-17-24)21-5-10-26(11-6-21)42-34(45)29-19-43(20-35(37,38)39)18-28(32(29)44)22-3-8-25(36)9-4-22/h3-12,15-19H,13-14,20H2,1-2H3,(H2,40,41)(H,42,45). The van der Waals surface area contributed by atoms with E-state index >= 15 is 0 Å². The Bertz CT molecular complexity index is 1980. The third-order valence-corrected chi connectivity index (χ3v) is 7.26. The van der Waals surface area contributed by atoms with E-state index in [9.17, 15) is 27.2 Å². The molecule has 0 bridgehead atoms. The maximum Gasteiger partial charge on any atom is 0.406 e. The molecule has 2 heterocycles. The first-order chi connectivity index (χ1) is 23.0. The topological polar surface area (TPSA) is 118 Å². The Balaban J connectivity index is 1.40. The largest absolute Gasteiger partial charge is 0.493 e. The van der Waals surface area contributed by atoms with Gasteiger partial charge in [-0.05, 0) is 59.2 Å². The zero-order chi connectivity index (χ0) is 34.4. The number of rotatable bonds is 11. The number of ether oxygens (including phenoxy) is 3. The molecule has 0 saturated heterocycles. The fourth-order valence-corrected chi connectivity index (χ4v) is 4.92. The van der Waals surface area contributed by atoms with Crippen molar-refractivity contribution in [3.05, 3.63) is 113 Å². The van der Waals surface area contributed by atoms with Gasteiger partial charge in [0.15, 0.2) is 11.5 Å². The molecule has 0 aliphatic carbocycles. The minimum atomic E-state index is -4.62. The number of carbonyl (C=O) groups excluding carboxylic acids is 1.